The minimum atomic E-state index is -1.71. The van der Waals surface area contributed by atoms with E-state index in [0.717, 1.165) is 89.9 Å². The van der Waals surface area contributed by atoms with Crippen LogP contribution in [0.5, 0.6) is 0 Å². The second-order valence-electron chi connectivity index (χ2n) is 20.4. The summed E-state index contributed by atoms with van der Waals surface area (Å²) in [7, 11) is 0. The molecule has 2 heterocycles. The highest BCUT2D eigenvalue weighted by Crippen LogP contribution is 2.26. The SMILES string of the molecule is CC/C=C\C/C=C\C/C=C\C/C=C\C/C=C\CCCCCCCCCCOCC(COC1OC(COC2OC(CO)C(O)C(O)C2O)C(O)C(O)C1O)OC(=O)CCCCCCCCC/C=C\C/C=C\CCCCCC. The highest BCUT2D eigenvalue weighted by molar-refractivity contribution is 5.69. The number of aliphatic hydroxyl groups excluding tert-OH is 7. The highest BCUT2D eigenvalue weighted by Gasteiger charge is 2.47. The first-order valence-corrected chi connectivity index (χ1v) is 29.7. The van der Waals surface area contributed by atoms with E-state index in [2.05, 4.69) is 98.9 Å². The Kier molecular flexibility index (Phi) is 43.9. The van der Waals surface area contributed by atoms with Gasteiger partial charge in [-0.05, 0) is 89.9 Å². The number of esters is 1. The molecule has 14 nitrogen and oxygen atoms in total. The van der Waals surface area contributed by atoms with E-state index >= 15 is 0 Å². The van der Waals surface area contributed by atoms with E-state index in [9.17, 15) is 40.5 Å². The van der Waals surface area contributed by atoms with Crippen molar-refractivity contribution in [1.82, 2.24) is 0 Å². The highest BCUT2D eigenvalue weighted by atomic mass is 16.7. The Labute approximate surface area is 459 Å². The quantitative estimate of drug-likeness (QED) is 0.0172. The van der Waals surface area contributed by atoms with Crippen molar-refractivity contribution < 1.29 is 69.0 Å². The van der Waals surface area contributed by atoms with Crippen LogP contribution in [0, 0.1) is 0 Å². The standard InChI is InChI=1S/C62H106O14/c1-3-5-7-9-11-13-15-17-19-21-23-24-25-26-27-28-30-32-34-36-38-40-42-44-46-71-48-51(74-54(64)45-43-41-39-37-35-33-31-29-22-20-18-16-14-12-10-8-6-4-2)49-72-61-60(70)58(68)56(66)53(76-61)50-73-62-59(69)57(67)55(65)52(47-63)75-62/h5,7,11,13-14,16-17,19-20,22-24,26-27,51-53,55-63,65-70H,3-4,6,8-10,12,15,18,21,25,28-50H2,1-2H3/b7-5-,13-11-,16-14-,19-17-,22-20-,24-23-,27-26-. The van der Waals surface area contributed by atoms with Gasteiger partial charge in [-0.25, -0.2) is 0 Å². The van der Waals surface area contributed by atoms with Gasteiger partial charge in [-0.3, -0.25) is 4.79 Å². The second-order valence-corrected chi connectivity index (χ2v) is 20.4. The second kappa shape index (κ2) is 48.1. The van der Waals surface area contributed by atoms with Crippen LogP contribution in [0.4, 0.5) is 0 Å². The minimum Gasteiger partial charge on any atom is -0.457 e. The van der Waals surface area contributed by atoms with E-state index in [0.29, 0.717) is 13.0 Å². The van der Waals surface area contributed by atoms with Gasteiger partial charge >= 0.3 is 5.97 Å². The van der Waals surface area contributed by atoms with Crippen LogP contribution in [-0.4, -0.2) is 142 Å². The Morgan fingerprint density at radius 1 is 0.447 bits per heavy atom. The van der Waals surface area contributed by atoms with Crippen molar-refractivity contribution in [3.63, 3.8) is 0 Å². The van der Waals surface area contributed by atoms with Crippen molar-refractivity contribution in [3.05, 3.63) is 85.1 Å². The van der Waals surface area contributed by atoms with E-state index in [-0.39, 0.29) is 25.6 Å². The fourth-order valence-electron chi connectivity index (χ4n) is 8.87. The zero-order valence-corrected chi connectivity index (χ0v) is 47.0. The van der Waals surface area contributed by atoms with Crippen LogP contribution in [-0.2, 0) is 33.2 Å². The molecule has 0 aromatic carbocycles. The number of allylic oxidation sites excluding steroid dienone is 14. The molecule has 2 fully saturated rings. The van der Waals surface area contributed by atoms with Crippen LogP contribution in [0.2, 0.25) is 0 Å². The maximum atomic E-state index is 13.1. The van der Waals surface area contributed by atoms with Crippen LogP contribution in [0.3, 0.4) is 0 Å². The average Bonchev–Trinajstić information content (AvgIpc) is 3.42. The molecule has 0 spiro atoms. The van der Waals surface area contributed by atoms with Gasteiger partial charge in [0.1, 0.15) is 54.9 Å². The van der Waals surface area contributed by atoms with Crippen LogP contribution in [0.25, 0.3) is 0 Å². The van der Waals surface area contributed by atoms with Crippen molar-refractivity contribution in [1.29, 1.82) is 0 Å². The van der Waals surface area contributed by atoms with Gasteiger partial charge in [0.2, 0.25) is 0 Å². The normalized spacial score (nSPS) is 25.1. The van der Waals surface area contributed by atoms with Gasteiger partial charge in [-0.1, -0.05) is 189 Å². The summed E-state index contributed by atoms with van der Waals surface area (Å²) in [4.78, 5) is 13.1. The number of carbonyl (C=O) groups is 1. The molecule has 2 aliphatic heterocycles. The lowest BCUT2D eigenvalue weighted by Crippen LogP contribution is -2.61. The zero-order valence-electron chi connectivity index (χ0n) is 47.0. The Hall–Kier alpha value is -2.83. The van der Waals surface area contributed by atoms with Crippen LogP contribution >= 0.6 is 0 Å². The maximum Gasteiger partial charge on any atom is 0.306 e. The predicted molar refractivity (Wildman–Crippen MR) is 302 cm³/mol. The molecule has 0 radical (unpaired) electrons. The average molecular weight is 1080 g/mol. The number of aliphatic hydroxyl groups is 7. The third kappa shape index (κ3) is 34.2. The summed E-state index contributed by atoms with van der Waals surface area (Å²) in [6.45, 7) is 3.53. The molecule has 7 N–H and O–H groups in total. The molecule has 11 unspecified atom stereocenters. The first-order valence-electron chi connectivity index (χ1n) is 29.7. The molecule has 438 valence electrons. The monoisotopic (exact) mass is 1070 g/mol. The summed E-state index contributed by atoms with van der Waals surface area (Å²) in [5, 5.41) is 72.4. The lowest BCUT2D eigenvalue weighted by atomic mass is 9.98. The lowest BCUT2D eigenvalue weighted by molar-refractivity contribution is -0.332. The van der Waals surface area contributed by atoms with Gasteiger partial charge in [0, 0.05) is 13.0 Å². The van der Waals surface area contributed by atoms with E-state index in [1.165, 1.54) is 83.5 Å². The van der Waals surface area contributed by atoms with Gasteiger partial charge in [0.25, 0.3) is 0 Å². The Morgan fingerprint density at radius 3 is 1.34 bits per heavy atom. The number of ether oxygens (including phenoxy) is 6. The molecular weight excluding hydrogens is 969 g/mol. The molecule has 0 aliphatic carbocycles. The Balaban J connectivity index is 1.72. The number of hydrogen-bond donors (Lipinski definition) is 7. The first-order chi connectivity index (χ1) is 37.1. The van der Waals surface area contributed by atoms with Crippen molar-refractivity contribution in [3.8, 4) is 0 Å². The summed E-state index contributed by atoms with van der Waals surface area (Å²) in [6.07, 6.45) is 46.3. The molecular formula is C62H106O14. The summed E-state index contributed by atoms with van der Waals surface area (Å²) in [6, 6.07) is 0. The molecule has 0 saturated carbocycles. The van der Waals surface area contributed by atoms with Gasteiger partial charge in [-0.2, -0.15) is 0 Å². The van der Waals surface area contributed by atoms with E-state index in [1.54, 1.807) is 0 Å². The molecule has 0 aromatic heterocycles. The predicted octanol–water partition coefficient (Wildman–Crippen LogP) is 10.8. The van der Waals surface area contributed by atoms with Gasteiger partial charge in [0.05, 0.1) is 26.4 Å². The minimum absolute atomic E-state index is 0.0479. The molecule has 76 heavy (non-hydrogen) atoms. The van der Waals surface area contributed by atoms with Crippen molar-refractivity contribution in [2.24, 2.45) is 0 Å². The molecule has 14 heteroatoms. The molecule has 11 atom stereocenters. The number of rotatable bonds is 47. The lowest BCUT2D eigenvalue weighted by Gasteiger charge is -2.42. The van der Waals surface area contributed by atoms with E-state index in [4.69, 9.17) is 28.4 Å². The van der Waals surface area contributed by atoms with Crippen molar-refractivity contribution in [2.45, 2.75) is 268 Å². The largest absolute Gasteiger partial charge is 0.457 e. The van der Waals surface area contributed by atoms with Crippen LogP contribution < -0.4 is 0 Å². The van der Waals surface area contributed by atoms with Gasteiger partial charge < -0.3 is 64.2 Å². The first kappa shape index (κ1) is 69.3. The Morgan fingerprint density at radius 2 is 0.855 bits per heavy atom. The van der Waals surface area contributed by atoms with E-state index in [1.807, 2.05) is 0 Å². The maximum absolute atomic E-state index is 13.1. The van der Waals surface area contributed by atoms with Gasteiger partial charge in [-0.15, -0.1) is 0 Å². The Bertz CT molecular complexity index is 1580. The van der Waals surface area contributed by atoms with E-state index < -0.39 is 80.7 Å². The number of carbonyl (C=O) groups excluding carboxylic acids is 1. The number of unbranched alkanes of at least 4 members (excludes halogenated alkanes) is 19. The molecule has 0 amide bonds. The molecule has 0 bridgehead atoms. The third-order valence-corrected chi connectivity index (χ3v) is 13.6. The summed E-state index contributed by atoms with van der Waals surface area (Å²) in [5.41, 5.74) is 0. The third-order valence-electron chi connectivity index (χ3n) is 13.6. The van der Waals surface area contributed by atoms with Crippen LogP contribution in [0.15, 0.2) is 85.1 Å². The molecule has 2 aliphatic rings. The van der Waals surface area contributed by atoms with Crippen molar-refractivity contribution in [2.75, 3.05) is 33.0 Å². The molecule has 2 rings (SSSR count). The van der Waals surface area contributed by atoms with Gasteiger partial charge in [0.15, 0.2) is 12.6 Å². The molecule has 2 saturated heterocycles. The smallest absolute Gasteiger partial charge is 0.306 e. The number of hydrogen-bond acceptors (Lipinski definition) is 14. The van der Waals surface area contributed by atoms with Crippen molar-refractivity contribution >= 4 is 5.97 Å². The molecule has 0 aromatic rings. The summed E-state index contributed by atoms with van der Waals surface area (Å²) < 4.78 is 34.4. The summed E-state index contributed by atoms with van der Waals surface area (Å²) >= 11 is 0. The fourth-order valence-corrected chi connectivity index (χ4v) is 8.87. The fraction of sp³-hybridized carbons (Fsp3) is 0.758. The zero-order chi connectivity index (χ0) is 55.1. The topological polar surface area (TPSA) is 214 Å². The van der Waals surface area contributed by atoms with Crippen LogP contribution in [0.1, 0.15) is 200 Å². The summed E-state index contributed by atoms with van der Waals surface area (Å²) in [5.74, 6) is -0.389.